The molecule has 0 heterocycles. The van der Waals surface area contributed by atoms with E-state index in [9.17, 15) is 15.0 Å². The minimum absolute atomic E-state index is 0.155. The highest BCUT2D eigenvalue weighted by Crippen LogP contribution is 2.67. The Hall–Kier alpha value is -1.45. The predicted octanol–water partition coefficient (Wildman–Crippen LogP) is 4.81. The zero-order valence-electron chi connectivity index (χ0n) is 17.3. The zero-order chi connectivity index (χ0) is 20.1. The van der Waals surface area contributed by atoms with Crippen LogP contribution in [-0.4, -0.2) is 28.2 Å². The number of aliphatic hydroxyl groups is 2. The van der Waals surface area contributed by atoms with E-state index >= 15 is 0 Å². The van der Waals surface area contributed by atoms with Crippen molar-refractivity contribution < 1.29 is 15.0 Å². The number of fused-ring (bicyclic) bond motifs is 1. The fourth-order valence-electron chi connectivity index (χ4n) is 6.28. The van der Waals surface area contributed by atoms with Crippen LogP contribution in [0.3, 0.4) is 0 Å². The van der Waals surface area contributed by atoms with Crippen molar-refractivity contribution in [3.05, 3.63) is 47.1 Å². The fraction of sp³-hybridized carbons (Fsp3) is 0.640. The van der Waals surface area contributed by atoms with Gasteiger partial charge in [0.2, 0.25) is 0 Å². The van der Waals surface area contributed by atoms with Crippen LogP contribution in [0.1, 0.15) is 71.6 Å². The highest BCUT2D eigenvalue weighted by Gasteiger charge is 2.57. The summed E-state index contributed by atoms with van der Waals surface area (Å²) < 4.78 is 0. The molecule has 0 aliphatic heterocycles. The molecular formula is C25H34O3. The number of Topliss-reactive ketones (excluding diaryl/α,β-unsaturated/α-hetero) is 1. The summed E-state index contributed by atoms with van der Waals surface area (Å²) in [6, 6.07) is 0. The molecule has 4 aliphatic carbocycles. The lowest BCUT2D eigenvalue weighted by Crippen LogP contribution is -2.34. The summed E-state index contributed by atoms with van der Waals surface area (Å²) in [6.45, 7) is 8.18. The van der Waals surface area contributed by atoms with E-state index in [-0.39, 0.29) is 10.8 Å². The van der Waals surface area contributed by atoms with Crippen molar-refractivity contribution in [2.45, 2.75) is 83.8 Å². The normalized spacial score (nSPS) is 39.8. The highest BCUT2D eigenvalue weighted by atomic mass is 16.3. The third-order valence-corrected chi connectivity index (χ3v) is 7.83. The quantitative estimate of drug-likeness (QED) is 0.686. The van der Waals surface area contributed by atoms with Gasteiger partial charge in [-0.05, 0) is 79.8 Å². The van der Waals surface area contributed by atoms with Gasteiger partial charge in [0.25, 0.3) is 0 Å². The van der Waals surface area contributed by atoms with Crippen molar-refractivity contribution in [3.63, 3.8) is 0 Å². The maximum absolute atomic E-state index is 11.9. The SMILES string of the molecule is C=C1/C(=C\C=C2/CCC[C@]3(C)C(C4(CC(C)=O)CC4)=CCC23)CC(O)C[C@@H]1O. The molecule has 0 aromatic heterocycles. The molecule has 3 heteroatoms. The summed E-state index contributed by atoms with van der Waals surface area (Å²) in [5.74, 6) is 0.832. The van der Waals surface area contributed by atoms with Crippen LogP contribution in [0.25, 0.3) is 0 Å². The topological polar surface area (TPSA) is 57.5 Å². The van der Waals surface area contributed by atoms with Crippen LogP contribution < -0.4 is 0 Å². The van der Waals surface area contributed by atoms with Gasteiger partial charge in [0.1, 0.15) is 5.78 Å². The minimum Gasteiger partial charge on any atom is -0.393 e. The standard InChI is InChI=1S/C25H34O3/c1-16(26)15-25(11-12-25)23-9-8-21-18(5-4-10-24(21,23)3)6-7-19-13-20(27)14-22(28)17(19)2/h6-7,9,20-22,27-28H,2,4-5,8,10-15H2,1,3H3/b18-6+,19-7-/t20?,21?,22-,24-/m0/s1. The molecule has 4 atom stereocenters. The van der Waals surface area contributed by atoms with E-state index in [2.05, 4.69) is 31.7 Å². The molecule has 2 unspecified atom stereocenters. The Morgan fingerprint density at radius 1 is 1.29 bits per heavy atom. The molecule has 3 fully saturated rings. The number of carbonyl (C=O) groups is 1. The third-order valence-electron chi connectivity index (χ3n) is 7.83. The molecule has 3 saturated carbocycles. The van der Waals surface area contributed by atoms with E-state index in [1.54, 1.807) is 12.5 Å². The molecule has 152 valence electrons. The van der Waals surface area contributed by atoms with E-state index in [0.717, 1.165) is 24.0 Å². The van der Waals surface area contributed by atoms with Gasteiger partial charge < -0.3 is 10.2 Å². The van der Waals surface area contributed by atoms with E-state index in [1.165, 1.54) is 31.3 Å². The number of aliphatic hydroxyl groups excluding tert-OH is 2. The van der Waals surface area contributed by atoms with Gasteiger partial charge in [-0.3, -0.25) is 4.79 Å². The number of ketones is 1. The molecule has 0 spiro atoms. The summed E-state index contributed by atoms with van der Waals surface area (Å²) >= 11 is 0. The molecule has 2 N–H and O–H groups in total. The summed E-state index contributed by atoms with van der Waals surface area (Å²) in [4.78, 5) is 11.9. The van der Waals surface area contributed by atoms with Gasteiger partial charge in [-0.1, -0.05) is 42.9 Å². The van der Waals surface area contributed by atoms with Gasteiger partial charge in [-0.15, -0.1) is 0 Å². The lowest BCUT2D eigenvalue weighted by Gasteiger charge is -2.43. The van der Waals surface area contributed by atoms with E-state index in [4.69, 9.17) is 0 Å². The van der Waals surface area contributed by atoms with Crippen molar-refractivity contribution in [3.8, 4) is 0 Å². The molecule has 4 aliphatic rings. The van der Waals surface area contributed by atoms with E-state index < -0.39 is 12.2 Å². The van der Waals surface area contributed by atoms with Crippen LogP contribution in [0.5, 0.6) is 0 Å². The molecular weight excluding hydrogens is 348 g/mol. The van der Waals surface area contributed by atoms with Gasteiger partial charge >= 0.3 is 0 Å². The summed E-state index contributed by atoms with van der Waals surface area (Å²) in [5, 5.41) is 20.1. The molecule has 0 amide bonds. The zero-order valence-corrected chi connectivity index (χ0v) is 17.3. The number of allylic oxidation sites excluding steroid dienone is 5. The summed E-state index contributed by atoms with van der Waals surface area (Å²) in [7, 11) is 0. The Kier molecular flexibility index (Phi) is 5.04. The second-order valence-corrected chi connectivity index (χ2v) is 9.90. The second-order valence-electron chi connectivity index (χ2n) is 9.90. The maximum atomic E-state index is 11.9. The first-order chi connectivity index (χ1) is 13.2. The van der Waals surface area contributed by atoms with Crippen molar-refractivity contribution in [1.29, 1.82) is 0 Å². The summed E-state index contributed by atoms with van der Waals surface area (Å²) in [6.07, 6.45) is 14.3. The Bertz CT molecular complexity index is 780. The van der Waals surface area contributed by atoms with Gasteiger partial charge in [-0.25, -0.2) is 0 Å². The van der Waals surface area contributed by atoms with Gasteiger partial charge in [0, 0.05) is 12.8 Å². The predicted molar refractivity (Wildman–Crippen MR) is 112 cm³/mol. The van der Waals surface area contributed by atoms with Crippen LogP contribution in [0, 0.1) is 16.7 Å². The van der Waals surface area contributed by atoms with Crippen molar-refractivity contribution in [2.75, 3.05) is 0 Å². The van der Waals surface area contributed by atoms with Crippen LogP contribution in [-0.2, 0) is 4.79 Å². The summed E-state index contributed by atoms with van der Waals surface area (Å²) in [5.41, 5.74) is 5.11. The Balaban J connectivity index is 1.57. The lowest BCUT2D eigenvalue weighted by molar-refractivity contribution is -0.118. The number of rotatable bonds is 4. The van der Waals surface area contributed by atoms with Crippen LogP contribution >= 0.6 is 0 Å². The second kappa shape index (κ2) is 7.11. The van der Waals surface area contributed by atoms with Gasteiger partial charge in [0.05, 0.1) is 12.2 Å². The van der Waals surface area contributed by atoms with E-state index in [1.807, 2.05) is 0 Å². The monoisotopic (exact) mass is 382 g/mol. The minimum atomic E-state index is -0.633. The fourth-order valence-corrected chi connectivity index (χ4v) is 6.28. The molecule has 4 rings (SSSR count). The largest absolute Gasteiger partial charge is 0.393 e. The van der Waals surface area contributed by atoms with Gasteiger partial charge in [-0.2, -0.15) is 0 Å². The smallest absolute Gasteiger partial charge is 0.130 e. The lowest BCUT2D eigenvalue weighted by atomic mass is 9.61. The van der Waals surface area contributed by atoms with Gasteiger partial charge in [0.15, 0.2) is 0 Å². The molecule has 0 aromatic rings. The third kappa shape index (κ3) is 3.37. The first-order valence-corrected chi connectivity index (χ1v) is 10.9. The Morgan fingerprint density at radius 2 is 2.04 bits per heavy atom. The van der Waals surface area contributed by atoms with Crippen LogP contribution in [0.15, 0.2) is 47.1 Å². The average molecular weight is 383 g/mol. The molecule has 0 radical (unpaired) electrons. The van der Waals surface area contributed by atoms with Crippen molar-refractivity contribution in [1.82, 2.24) is 0 Å². The molecule has 3 nitrogen and oxygen atoms in total. The molecule has 0 saturated heterocycles. The molecule has 0 bridgehead atoms. The van der Waals surface area contributed by atoms with Crippen molar-refractivity contribution in [2.24, 2.45) is 16.7 Å². The maximum Gasteiger partial charge on any atom is 0.130 e. The van der Waals surface area contributed by atoms with Crippen LogP contribution in [0.4, 0.5) is 0 Å². The molecule has 0 aromatic carbocycles. The Morgan fingerprint density at radius 3 is 2.71 bits per heavy atom. The first-order valence-electron chi connectivity index (χ1n) is 10.9. The first kappa shape index (κ1) is 19.8. The number of hydrogen-bond donors (Lipinski definition) is 2. The Labute approximate surface area is 168 Å². The number of hydrogen-bond acceptors (Lipinski definition) is 3. The van der Waals surface area contributed by atoms with E-state index in [0.29, 0.717) is 31.0 Å². The number of carbonyl (C=O) groups excluding carboxylic acids is 1. The highest BCUT2D eigenvalue weighted by molar-refractivity contribution is 5.77. The van der Waals surface area contributed by atoms with Crippen LogP contribution in [0.2, 0.25) is 0 Å². The average Bonchev–Trinajstić information content (AvgIpc) is 3.28. The molecule has 28 heavy (non-hydrogen) atoms. The van der Waals surface area contributed by atoms with Crippen molar-refractivity contribution >= 4 is 5.78 Å².